The van der Waals surface area contributed by atoms with Gasteiger partial charge < -0.3 is 40.5 Å². The molecular formula is C9H16O9. The van der Waals surface area contributed by atoms with E-state index < -0.39 is 55.3 Å². The number of carboxylic acid groups (broad SMARTS) is 1. The first kappa shape index (κ1) is 15.2. The normalized spacial score (nSPS) is 40.2. The van der Waals surface area contributed by atoms with Crippen molar-refractivity contribution in [2.24, 2.45) is 0 Å². The predicted octanol–water partition coefficient (Wildman–Crippen LogP) is -4.36. The summed E-state index contributed by atoms with van der Waals surface area (Å²) in [5, 5.41) is 64.8. The third-order valence-corrected chi connectivity index (χ3v) is 2.97. The molecule has 1 heterocycles. The Morgan fingerprint density at radius 2 is 1.67 bits per heavy atom. The van der Waals surface area contributed by atoms with Crippen LogP contribution in [0.3, 0.4) is 0 Å². The summed E-state index contributed by atoms with van der Waals surface area (Å²) in [6, 6.07) is 0. The molecule has 1 saturated heterocycles. The molecule has 106 valence electrons. The number of carboxylic acids is 1. The minimum absolute atomic E-state index is 0.761. The lowest BCUT2D eigenvalue weighted by Gasteiger charge is -2.44. The van der Waals surface area contributed by atoms with E-state index in [-0.39, 0.29) is 0 Å². The second kappa shape index (κ2) is 5.45. The minimum atomic E-state index is -2.85. The molecule has 9 heteroatoms. The molecule has 0 aliphatic carbocycles. The minimum Gasteiger partial charge on any atom is -0.479 e. The van der Waals surface area contributed by atoms with E-state index in [2.05, 4.69) is 0 Å². The van der Waals surface area contributed by atoms with Crippen LogP contribution in [0.1, 0.15) is 0 Å². The van der Waals surface area contributed by atoms with Crippen LogP contribution in [0.4, 0.5) is 0 Å². The van der Waals surface area contributed by atoms with E-state index in [1.165, 1.54) is 0 Å². The zero-order valence-corrected chi connectivity index (χ0v) is 9.25. The van der Waals surface area contributed by atoms with Crippen LogP contribution >= 0.6 is 0 Å². The lowest BCUT2D eigenvalue weighted by atomic mass is 9.85. The third-order valence-electron chi connectivity index (χ3n) is 2.97. The number of rotatable bonds is 4. The molecule has 0 aromatic heterocycles. The van der Waals surface area contributed by atoms with Gasteiger partial charge >= 0.3 is 5.97 Å². The molecule has 0 saturated carbocycles. The quantitative estimate of drug-likeness (QED) is 0.266. The summed E-state index contributed by atoms with van der Waals surface area (Å²) in [5.74, 6) is -1.87. The van der Waals surface area contributed by atoms with Crippen LogP contribution in [0, 0.1) is 0 Å². The highest BCUT2D eigenvalue weighted by molar-refractivity contribution is 5.78. The molecule has 0 radical (unpaired) electrons. The molecule has 1 fully saturated rings. The monoisotopic (exact) mass is 268 g/mol. The maximum absolute atomic E-state index is 10.9. The standard InChI is InChI=1S/C9H16O9/c10-1-3-4(12)5(13)6(14)7(18-3)9(17,2-11)8(15)16/h3-7,10-14,17H,1-2H2,(H,15,16)/t3-,4-,5+,6-,7+,9?/m1/s1. The van der Waals surface area contributed by atoms with Gasteiger partial charge in [-0.1, -0.05) is 0 Å². The van der Waals surface area contributed by atoms with Crippen molar-refractivity contribution in [2.75, 3.05) is 13.2 Å². The van der Waals surface area contributed by atoms with Crippen LogP contribution in [0.2, 0.25) is 0 Å². The molecule has 18 heavy (non-hydrogen) atoms. The average Bonchev–Trinajstić information content (AvgIpc) is 2.35. The summed E-state index contributed by atoms with van der Waals surface area (Å²) in [4.78, 5) is 10.9. The molecule has 9 nitrogen and oxygen atoms in total. The molecule has 0 bridgehead atoms. The molecule has 1 rings (SSSR count). The molecule has 7 N–H and O–H groups in total. The smallest absolute Gasteiger partial charge is 0.341 e. The Morgan fingerprint density at radius 3 is 2.06 bits per heavy atom. The second-order valence-corrected chi connectivity index (χ2v) is 4.14. The molecule has 0 aromatic carbocycles. The summed E-state index contributed by atoms with van der Waals surface area (Å²) in [6.07, 6.45) is -8.67. The number of aliphatic hydroxyl groups is 6. The summed E-state index contributed by atoms with van der Waals surface area (Å²) >= 11 is 0. The molecule has 1 unspecified atom stereocenters. The van der Waals surface area contributed by atoms with Gasteiger partial charge in [-0.15, -0.1) is 0 Å². The highest BCUT2D eigenvalue weighted by atomic mass is 16.6. The first-order valence-corrected chi connectivity index (χ1v) is 5.16. The van der Waals surface area contributed by atoms with Crippen LogP contribution in [-0.4, -0.2) is 91.0 Å². The van der Waals surface area contributed by atoms with Crippen LogP contribution < -0.4 is 0 Å². The number of aliphatic carboxylic acids is 1. The Hall–Kier alpha value is -0.810. The highest BCUT2D eigenvalue weighted by Crippen LogP contribution is 2.28. The van der Waals surface area contributed by atoms with Gasteiger partial charge in [-0.05, 0) is 0 Å². The highest BCUT2D eigenvalue weighted by Gasteiger charge is 2.55. The van der Waals surface area contributed by atoms with Crippen molar-refractivity contribution in [3.63, 3.8) is 0 Å². The van der Waals surface area contributed by atoms with E-state index >= 15 is 0 Å². The van der Waals surface area contributed by atoms with Crippen LogP contribution in [0.5, 0.6) is 0 Å². The summed E-state index contributed by atoms with van der Waals surface area (Å²) in [7, 11) is 0. The zero-order chi connectivity index (χ0) is 14.1. The number of hydrogen-bond acceptors (Lipinski definition) is 8. The fraction of sp³-hybridized carbons (Fsp3) is 0.889. The van der Waals surface area contributed by atoms with Gasteiger partial charge in [-0.2, -0.15) is 0 Å². The number of hydrogen-bond donors (Lipinski definition) is 7. The molecule has 6 atom stereocenters. The topological polar surface area (TPSA) is 168 Å². The molecule has 0 amide bonds. The maximum atomic E-state index is 10.9. The number of ether oxygens (including phenoxy) is 1. The molecule has 1 aliphatic heterocycles. The summed E-state index contributed by atoms with van der Waals surface area (Å²) in [6.45, 7) is -2.03. The molecular weight excluding hydrogens is 252 g/mol. The van der Waals surface area contributed by atoms with Crippen LogP contribution in [0.25, 0.3) is 0 Å². The third kappa shape index (κ3) is 2.34. The van der Waals surface area contributed by atoms with Crippen molar-refractivity contribution in [1.82, 2.24) is 0 Å². The summed E-state index contributed by atoms with van der Waals surface area (Å²) < 4.78 is 4.85. The van der Waals surface area contributed by atoms with E-state index in [4.69, 9.17) is 20.1 Å². The second-order valence-electron chi connectivity index (χ2n) is 4.14. The lowest BCUT2D eigenvalue weighted by Crippen LogP contribution is -2.68. The van der Waals surface area contributed by atoms with Crippen molar-refractivity contribution < 1.29 is 45.3 Å². The van der Waals surface area contributed by atoms with Gasteiger partial charge in [-0.25, -0.2) is 4.79 Å². The SMILES string of the molecule is O=C(O)C(O)(CO)[C@H]1O[C@H](CO)[C@@H](O)[C@H](O)[C@H]1O. The van der Waals surface area contributed by atoms with E-state index in [9.17, 15) is 25.2 Å². The van der Waals surface area contributed by atoms with E-state index in [0.29, 0.717) is 0 Å². The first-order valence-electron chi connectivity index (χ1n) is 5.16. The lowest BCUT2D eigenvalue weighted by molar-refractivity contribution is -0.274. The molecule has 1 aliphatic rings. The Balaban J connectivity index is 3.04. The Labute approximate surface area is 101 Å². The fourth-order valence-corrected chi connectivity index (χ4v) is 1.78. The zero-order valence-electron chi connectivity index (χ0n) is 9.25. The predicted molar refractivity (Wildman–Crippen MR) is 53.4 cm³/mol. The van der Waals surface area contributed by atoms with Gasteiger partial charge in [-0.3, -0.25) is 0 Å². The van der Waals surface area contributed by atoms with Gasteiger partial charge in [0.1, 0.15) is 30.5 Å². The van der Waals surface area contributed by atoms with Gasteiger partial charge in [0.25, 0.3) is 0 Å². The van der Waals surface area contributed by atoms with Crippen molar-refractivity contribution in [3.8, 4) is 0 Å². The maximum Gasteiger partial charge on any atom is 0.341 e. The Kier molecular flexibility index (Phi) is 4.61. The van der Waals surface area contributed by atoms with Crippen LogP contribution in [-0.2, 0) is 9.53 Å². The van der Waals surface area contributed by atoms with Crippen molar-refractivity contribution >= 4 is 5.97 Å². The summed E-state index contributed by atoms with van der Waals surface area (Å²) in [5.41, 5.74) is -2.85. The van der Waals surface area contributed by atoms with E-state index in [1.54, 1.807) is 0 Å². The molecule has 0 spiro atoms. The number of aliphatic hydroxyl groups excluding tert-OH is 5. The van der Waals surface area contributed by atoms with Gasteiger partial charge in [0.15, 0.2) is 0 Å². The van der Waals surface area contributed by atoms with Crippen molar-refractivity contribution in [1.29, 1.82) is 0 Å². The molecule has 0 aromatic rings. The fourth-order valence-electron chi connectivity index (χ4n) is 1.78. The first-order chi connectivity index (χ1) is 8.29. The van der Waals surface area contributed by atoms with Crippen LogP contribution in [0.15, 0.2) is 0 Å². The van der Waals surface area contributed by atoms with E-state index in [0.717, 1.165) is 0 Å². The van der Waals surface area contributed by atoms with Gasteiger partial charge in [0.2, 0.25) is 5.60 Å². The Morgan fingerprint density at radius 1 is 1.11 bits per heavy atom. The largest absolute Gasteiger partial charge is 0.479 e. The average molecular weight is 268 g/mol. The van der Waals surface area contributed by atoms with Crippen molar-refractivity contribution in [2.45, 2.75) is 36.1 Å². The van der Waals surface area contributed by atoms with Crippen molar-refractivity contribution in [3.05, 3.63) is 0 Å². The Bertz CT molecular complexity index is 306. The number of carbonyl (C=O) groups is 1. The van der Waals surface area contributed by atoms with Gasteiger partial charge in [0, 0.05) is 0 Å². The van der Waals surface area contributed by atoms with Gasteiger partial charge in [0.05, 0.1) is 13.2 Å². The van der Waals surface area contributed by atoms with E-state index in [1.807, 2.05) is 0 Å².